The lowest BCUT2D eigenvalue weighted by atomic mass is 10.1. The van der Waals surface area contributed by atoms with E-state index in [0.717, 1.165) is 11.3 Å². The zero-order valence-corrected chi connectivity index (χ0v) is 13.2. The molecule has 0 spiro atoms. The van der Waals surface area contributed by atoms with Gasteiger partial charge in [-0.2, -0.15) is 0 Å². The predicted molar refractivity (Wildman–Crippen MR) is 75.3 cm³/mol. The summed E-state index contributed by atoms with van der Waals surface area (Å²) in [6, 6.07) is 1.14. The number of hydrogen-bond acceptors (Lipinski definition) is 5. The minimum Gasteiger partial charge on any atom is -0.383 e. The van der Waals surface area contributed by atoms with Crippen molar-refractivity contribution in [2.75, 3.05) is 13.7 Å². The Hall–Kier alpha value is -0.630. The minimum atomic E-state index is -3.78. The first-order valence-corrected chi connectivity index (χ1v) is 8.77. The molecule has 1 N–H and O–H groups in total. The summed E-state index contributed by atoms with van der Waals surface area (Å²) in [5.74, 6) is -0.127. The lowest BCUT2D eigenvalue weighted by molar-refractivity contribution is 0.0867. The Morgan fingerprint density at radius 3 is 2.58 bits per heavy atom. The number of carbonyl (C=O) groups is 1. The molecule has 0 radical (unpaired) electrons. The van der Waals surface area contributed by atoms with E-state index in [4.69, 9.17) is 15.4 Å². The van der Waals surface area contributed by atoms with Gasteiger partial charge in [0, 0.05) is 23.2 Å². The van der Waals surface area contributed by atoms with Crippen LogP contribution in [0.1, 0.15) is 24.2 Å². The van der Waals surface area contributed by atoms with Gasteiger partial charge < -0.3 is 10.1 Å². The highest BCUT2D eigenvalue weighted by atomic mass is 35.7. The second kappa shape index (κ2) is 6.69. The van der Waals surface area contributed by atoms with E-state index < -0.39 is 9.05 Å². The Morgan fingerprint density at radius 1 is 1.53 bits per heavy atom. The van der Waals surface area contributed by atoms with Gasteiger partial charge in [0.25, 0.3) is 15.0 Å². The van der Waals surface area contributed by atoms with Crippen LogP contribution in [-0.4, -0.2) is 34.1 Å². The lowest BCUT2D eigenvalue weighted by Gasteiger charge is -2.21. The Labute approximate surface area is 121 Å². The third-order valence-electron chi connectivity index (χ3n) is 2.55. The normalized spacial score (nSPS) is 13.5. The highest BCUT2D eigenvalue weighted by molar-refractivity contribution is 8.15. The first kappa shape index (κ1) is 16.4. The van der Waals surface area contributed by atoms with E-state index in [1.165, 1.54) is 11.4 Å². The summed E-state index contributed by atoms with van der Waals surface area (Å²) in [4.78, 5) is 12.0. The third kappa shape index (κ3) is 4.76. The van der Waals surface area contributed by atoms with Crippen molar-refractivity contribution in [3.8, 4) is 0 Å². The van der Waals surface area contributed by atoms with Gasteiger partial charge in [-0.15, -0.1) is 11.3 Å². The molecule has 8 heteroatoms. The number of nitrogens with one attached hydrogen (secondary N) is 1. The van der Waals surface area contributed by atoms with Gasteiger partial charge in [0.1, 0.15) is 4.21 Å². The monoisotopic (exact) mass is 325 g/mol. The molecule has 1 rings (SSSR count). The summed E-state index contributed by atoms with van der Waals surface area (Å²) in [6.45, 7) is 4.33. The smallest absolute Gasteiger partial charge is 0.270 e. The SMILES string of the molecule is COCC(NC(=O)c1csc(S(=O)(=O)Cl)c1)C(C)C. The molecular weight excluding hydrogens is 310 g/mol. The van der Waals surface area contributed by atoms with Gasteiger partial charge in [-0.05, 0) is 12.0 Å². The molecule has 1 aromatic heterocycles. The van der Waals surface area contributed by atoms with E-state index in [2.05, 4.69) is 5.32 Å². The molecule has 1 heterocycles. The van der Waals surface area contributed by atoms with Crippen LogP contribution >= 0.6 is 22.0 Å². The molecular formula is C11H16ClNO4S2. The molecule has 1 amide bonds. The standard InChI is InChI=1S/C11H16ClNO4S2/c1-7(2)9(5-17-3)13-11(14)8-4-10(18-6-8)19(12,15)16/h4,6-7,9H,5H2,1-3H3,(H,13,14). The van der Waals surface area contributed by atoms with E-state index in [1.54, 1.807) is 7.11 Å². The summed E-state index contributed by atoms with van der Waals surface area (Å²) >= 11 is 0.922. The van der Waals surface area contributed by atoms with Crippen molar-refractivity contribution in [2.45, 2.75) is 24.1 Å². The van der Waals surface area contributed by atoms with E-state index >= 15 is 0 Å². The minimum absolute atomic E-state index is 0.0350. The molecule has 0 aromatic carbocycles. The van der Waals surface area contributed by atoms with E-state index in [-0.39, 0.29) is 27.6 Å². The van der Waals surface area contributed by atoms with Crippen LogP contribution in [0.3, 0.4) is 0 Å². The Bertz CT molecular complexity index is 539. The quantitative estimate of drug-likeness (QED) is 0.813. The van der Waals surface area contributed by atoms with Crippen molar-refractivity contribution in [1.82, 2.24) is 5.32 Å². The largest absolute Gasteiger partial charge is 0.383 e. The van der Waals surface area contributed by atoms with Crippen molar-refractivity contribution < 1.29 is 17.9 Å². The molecule has 1 unspecified atom stereocenters. The number of rotatable bonds is 6. The van der Waals surface area contributed by atoms with Crippen LogP contribution in [0.2, 0.25) is 0 Å². The zero-order chi connectivity index (χ0) is 14.6. The van der Waals surface area contributed by atoms with Crippen LogP contribution in [0, 0.1) is 5.92 Å². The summed E-state index contributed by atoms with van der Waals surface area (Å²) in [5, 5.41) is 4.27. The molecule has 0 saturated carbocycles. The number of hydrogen-bond donors (Lipinski definition) is 1. The molecule has 19 heavy (non-hydrogen) atoms. The van der Waals surface area contributed by atoms with Crippen molar-refractivity contribution in [3.05, 3.63) is 17.0 Å². The molecule has 0 aliphatic carbocycles. The highest BCUT2D eigenvalue weighted by Crippen LogP contribution is 2.23. The summed E-state index contributed by atoms with van der Waals surface area (Å²) in [6.07, 6.45) is 0. The first-order chi connectivity index (χ1) is 8.75. The first-order valence-electron chi connectivity index (χ1n) is 5.58. The fraction of sp³-hybridized carbons (Fsp3) is 0.545. The van der Waals surface area contributed by atoms with Crippen LogP contribution in [-0.2, 0) is 13.8 Å². The average Bonchev–Trinajstić information content (AvgIpc) is 2.76. The Morgan fingerprint density at radius 2 is 2.16 bits per heavy atom. The predicted octanol–water partition coefficient (Wildman–Crippen LogP) is 2.08. The van der Waals surface area contributed by atoms with Crippen LogP contribution < -0.4 is 5.32 Å². The van der Waals surface area contributed by atoms with Crippen LogP contribution in [0.15, 0.2) is 15.7 Å². The van der Waals surface area contributed by atoms with Crippen molar-refractivity contribution >= 4 is 37.0 Å². The molecule has 0 fully saturated rings. The lowest BCUT2D eigenvalue weighted by Crippen LogP contribution is -2.41. The van der Waals surface area contributed by atoms with E-state index in [9.17, 15) is 13.2 Å². The molecule has 1 atom stereocenters. The van der Waals surface area contributed by atoms with Gasteiger partial charge >= 0.3 is 0 Å². The zero-order valence-electron chi connectivity index (χ0n) is 10.8. The van der Waals surface area contributed by atoms with Crippen LogP contribution in [0.5, 0.6) is 0 Å². The molecule has 1 aromatic rings. The summed E-state index contributed by atoms with van der Waals surface area (Å²) in [7, 11) is 2.99. The molecule has 0 saturated heterocycles. The summed E-state index contributed by atoms with van der Waals surface area (Å²) < 4.78 is 27.2. The number of halogens is 1. The maximum atomic E-state index is 12.0. The number of amides is 1. The Balaban J connectivity index is 2.80. The van der Waals surface area contributed by atoms with Gasteiger partial charge in [-0.3, -0.25) is 4.79 Å². The number of methoxy groups -OCH3 is 1. The van der Waals surface area contributed by atoms with Crippen molar-refractivity contribution in [1.29, 1.82) is 0 Å². The topological polar surface area (TPSA) is 72.5 Å². The fourth-order valence-corrected chi connectivity index (χ4v) is 3.34. The number of carbonyl (C=O) groups excluding carboxylic acids is 1. The molecule has 5 nitrogen and oxygen atoms in total. The number of ether oxygens (including phenoxy) is 1. The second-order valence-electron chi connectivity index (χ2n) is 4.37. The molecule has 0 aliphatic rings. The molecule has 0 aliphatic heterocycles. The van der Waals surface area contributed by atoms with E-state index in [1.807, 2.05) is 13.8 Å². The highest BCUT2D eigenvalue weighted by Gasteiger charge is 2.20. The van der Waals surface area contributed by atoms with Crippen LogP contribution in [0.4, 0.5) is 0 Å². The van der Waals surface area contributed by atoms with Gasteiger partial charge in [-0.25, -0.2) is 8.42 Å². The van der Waals surface area contributed by atoms with Gasteiger partial charge in [0.15, 0.2) is 0 Å². The van der Waals surface area contributed by atoms with Gasteiger partial charge in [0.2, 0.25) is 0 Å². The maximum Gasteiger partial charge on any atom is 0.270 e. The number of thiophene rings is 1. The average molecular weight is 326 g/mol. The Kier molecular flexibility index (Phi) is 5.79. The maximum absolute atomic E-state index is 12.0. The van der Waals surface area contributed by atoms with Gasteiger partial charge in [-0.1, -0.05) is 13.8 Å². The molecule has 108 valence electrons. The summed E-state index contributed by atoms with van der Waals surface area (Å²) in [5.41, 5.74) is 0.283. The fourth-order valence-electron chi connectivity index (χ4n) is 1.40. The second-order valence-corrected chi connectivity index (χ2v) is 8.08. The van der Waals surface area contributed by atoms with Crippen molar-refractivity contribution in [3.63, 3.8) is 0 Å². The van der Waals surface area contributed by atoms with Crippen molar-refractivity contribution in [2.24, 2.45) is 5.92 Å². The van der Waals surface area contributed by atoms with Crippen LogP contribution in [0.25, 0.3) is 0 Å². The van der Waals surface area contributed by atoms with Gasteiger partial charge in [0.05, 0.1) is 18.2 Å². The van der Waals surface area contributed by atoms with E-state index in [0.29, 0.717) is 6.61 Å². The third-order valence-corrected chi connectivity index (χ3v) is 5.59. The molecule has 0 bridgehead atoms.